The van der Waals surface area contributed by atoms with Crippen molar-refractivity contribution in [3.8, 4) is 17.1 Å². The van der Waals surface area contributed by atoms with E-state index in [2.05, 4.69) is 51.5 Å². The number of aliphatic imine (C=N–C) groups is 1. The molecule has 31 heavy (non-hydrogen) atoms. The molecule has 5 rings (SSSR count). The van der Waals surface area contributed by atoms with Crippen LogP contribution in [-0.2, 0) is 13.1 Å². The van der Waals surface area contributed by atoms with Crippen LogP contribution in [0.4, 0.5) is 11.6 Å². The Balaban J connectivity index is 1.49. The van der Waals surface area contributed by atoms with E-state index < -0.39 is 0 Å². The molecule has 0 saturated carbocycles. The number of benzene rings is 2. The van der Waals surface area contributed by atoms with Gasteiger partial charge in [0.2, 0.25) is 0 Å². The van der Waals surface area contributed by atoms with Crippen LogP contribution >= 0.6 is 0 Å². The molecule has 0 atom stereocenters. The predicted molar refractivity (Wildman–Crippen MR) is 120 cm³/mol. The normalized spacial score (nSPS) is 12.1. The van der Waals surface area contributed by atoms with Gasteiger partial charge in [0.05, 0.1) is 32.9 Å². The first-order chi connectivity index (χ1) is 15.1. The number of nitrogens with one attached hydrogen (secondary N) is 2. The van der Waals surface area contributed by atoms with Crippen molar-refractivity contribution in [1.29, 1.82) is 0 Å². The van der Waals surface area contributed by atoms with Crippen molar-refractivity contribution in [3.63, 3.8) is 0 Å². The lowest BCUT2D eigenvalue weighted by molar-refractivity contribution is 0.414. The summed E-state index contributed by atoms with van der Waals surface area (Å²) in [6, 6.07) is 16.0. The summed E-state index contributed by atoms with van der Waals surface area (Å²) in [5.41, 5.74) is 4.43. The molecule has 3 heterocycles. The van der Waals surface area contributed by atoms with Crippen molar-refractivity contribution >= 4 is 18.0 Å². The maximum absolute atomic E-state index is 12.7. The number of imidazole rings is 2. The first-order valence-corrected chi connectivity index (χ1v) is 9.98. The second-order valence-corrected chi connectivity index (χ2v) is 7.52. The second-order valence-electron chi connectivity index (χ2n) is 7.52. The molecular weight excluding hydrogens is 392 g/mol. The van der Waals surface area contributed by atoms with E-state index in [0.29, 0.717) is 36.1 Å². The van der Waals surface area contributed by atoms with Crippen molar-refractivity contribution in [3.05, 3.63) is 82.0 Å². The minimum atomic E-state index is -0.206. The number of nitrogens with zero attached hydrogens (tertiary/aromatic N) is 4. The van der Waals surface area contributed by atoms with Crippen LogP contribution in [0.5, 0.6) is 5.75 Å². The highest BCUT2D eigenvalue weighted by Gasteiger charge is 2.23. The topological polar surface area (TPSA) is 89.2 Å². The summed E-state index contributed by atoms with van der Waals surface area (Å²) in [5, 5.41) is 3.15. The Morgan fingerprint density at radius 3 is 2.45 bits per heavy atom. The van der Waals surface area contributed by atoms with Gasteiger partial charge < -0.3 is 19.6 Å². The van der Waals surface area contributed by atoms with E-state index in [1.54, 1.807) is 24.3 Å². The maximum atomic E-state index is 12.7. The smallest absolute Gasteiger partial charge is 0.327 e. The van der Waals surface area contributed by atoms with Gasteiger partial charge in [0.1, 0.15) is 23.0 Å². The molecule has 2 aromatic carbocycles. The van der Waals surface area contributed by atoms with E-state index >= 15 is 0 Å². The van der Waals surface area contributed by atoms with Gasteiger partial charge in [0, 0.05) is 0 Å². The zero-order valence-electron chi connectivity index (χ0n) is 17.3. The van der Waals surface area contributed by atoms with Crippen molar-refractivity contribution in [2.75, 3.05) is 12.4 Å². The molecule has 1 aliphatic heterocycles. The Hall–Kier alpha value is -4.07. The second kappa shape index (κ2) is 7.64. The average molecular weight is 414 g/mol. The number of methoxy groups -OCH3 is 1. The summed E-state index contributed by atoms with van der Waals surface area (Å²) in [4.78, 5) is 24.8. The van der Waals surface area contributed by atoms with Crippen LogP contribution in [0.25, 0.3) is 11.4 Å². The van der Waals surface area contributed by atoms with Crippen LogP contribution < -0.4 is 15.7 Å². The molecule has 1 aliphatic rings. The average Bonchev–Trinajstić information content (AvgIpc) is 3.25. The molecule has 0 aliphatic carbocycles. The fourth-order valence-corrected chi connectivity index (χ4v) is 3.70. The molecular formula is C23H22N6O2. The molecule has 4 aromatic rings. The first kappa shape index (κ1) is 18.9. The summed E-state index contributed by atoms with van der Waals surface area (Å²) in [7, 11) is 1.63. The Morgan fingerprint density at radius 2 is 1.71 bits per heavy atom. The van der Waals surface area contributed by atoms with Gasteiger partial charge in [-0.1, -0.05) is 42.0 Å². The molecule has 2 aromatic heterocycles. The van der Waals surface area contributed by atoms with E-state index in [0.717, 1.165) is 16.9 Å². The van der Waals surface area contributed by atoms with Crippen molar-refractivity contribution in [2.45, 2.75) is 20.0 Å². The SMILES string of the molecule is COc1ccc(Cn2c3c([nH]c2=O)-c2ncn(Cc4ccc(C)cc4)c2N=CN3)cc1. The third kappa shape index (κ3) is 3.52. The molecule has 0 fully saturated rings. The minimum Gasteiger partial charge on any atom is -0.497 e. The largest absolute Gasteiger partial charge is 0.497 e. The van der Waals surface area contributed by atoms with Gasteiger partial charge in [-0.25, -0.2) is 14.8 Å². The van der Waals surface area contributed by atoms with Gasteiger partial charge in [0.15, 0.2) is 5.82 Å². The Labute approximate surface area is 178 Å². The first-order valence-electron chi connectivity index (χ1n) is 9.98. The van der Waals surface area contributed by atoms with Crippen LogP contribution in [0.1, 0.15) is 16.7 Å². The molecule has 2 N–H and O–H groups in total. The van der Waals surface area contributed by atoms with Gasteiger partial charge in [0.25, 0.3) is 0 Å². The number of fused-ring (bicyclic) bond motifs is 3. The maximum Gasteiger partial charge on any atom is 0.327 e. The molecule has 8 heteroatoms. The van der Waals surface area contributed by atoms with Crippen LogP contribution in [0.2, 0.25) is 0 Å². The van der Waals surface area contributed by atoms with Gasteiger partial charge in [-0.2, -0.15) is 0 Å². The zero-order chi connectivity index (χ0) is 21.4. The highest BCUT2D eigenvalue weighted by molar-refractivity contribution is 5.90. The van der Waals surface area contributed by atoms with Crippen LogP contribution in [-0.4, -0.2) is 32.6 Å². The van der Waals surface area contributed by atoms with E-state index in [9.17, 15) is 4.79 Å². The quantitative estimate of drug-likeness (QED) is 0.523. The number of H-pyrrole nitrogens is 1. The Morgan fingerprint density at radius 1 is 1.00 bits per heavy atom. The fraction of sp³-hybridized carbons (Fsp3) is 0.174. The number of aryl methyl sites for hydroxylation is 1. The number of aromatic nitrogens is 4. The van der Waals surface area contributed by atoms with E-state index in [4.69, 9.17) is 4.74 Å². The van der Waals surface area contributed by atoms with Gasteiger partial charge in [-0.15, -0.1) is 0 Å². The van der Waals surface area contributed by atoms with E-state index in [1.807, 2.05) is 28.8 Å². The third-order valence-electron chi connectivity index (χ3n) is 5.39. The van der Waals surface area contributed by atoms with Crippen LogP contribution in [0.15, 0.2) is 64.6 Å². The number of ether oxygens (including phenoxy) is 1. The molecule has 0 radical (unpaired) electrons. The lowest BCUT2D eigenvalue weighted by Crippen LogP contribution is -2.19. The van der Waals surface area contributed by atoms with Crippen LogP contribution in [0.3, 0.4) is 0 Å². The molecule has 0 spiro atoms. The highest BCUT2D eigenvalue weighted by Crippen LogP contribution is 2.34. The number of aromatic amines is 1. The summed E-state index contributed by atoms with van der Waals surface area (Å²) in [6.45, 7) is 3.12. The van der Waals surface area contributed by atoms with Crippen molar-refractivity contribution < 1.29 is 4.74 Å². The molecule has 0 saturated heterocycles. The highest BCUT2D eigenvalue weighted by atomic mass is 16.5. The lowest BCUT2D eigenvalue weighted by atomic mass is 10.1. The molecule has 0 amide bonds. The van der Waals surface area contributed by atoms with Crippen molar-refractivity contribution in [1.82, 2.24) is 19.1 Å². The Kier molecular flexibility index (Phi) is 4.66. The van der Waals surface area contributed by atoms with Gasteiger partial charge in [-0.3, -0.25) is 4.57 Å². The number of rotatable bonds is 5. The zero-order valence-corrected chi connectivity index (χ0v) is 17.3. The summed E-state index contributed by atoms with van der Waals surface area (Å²) < 4.78 is 8.84. The lowest BCUT2D eigenvalue weighted by Gasteiger charge is -2.08. The molecule has 0 bridgehead atoms. The number of hydrogen-bond acceptors (Lipinski definition) is 5. The third-order valence-corrected chi connectivity index (χ3v) is 5.39. The fourth-order valence-electron chi connectivity index (χ4n) is 3.70. The van der Waals surface area contributed by atoms with Crippen molar-refractivity contribution in [2.24, 2.45) is 4.99 Å². The summed E-state index contributed by atoms with van der Waals surface area (Å²) in [6.07, 6.45) is 3.37. The molecule has 156 valence electrons. The van der Waals surface area contributed by atoms with Gasteiger partial charge in [-0.05, 0) is 30.2 Å². The molecule has 8 nitrogen and oxygen atoms in total. The van der Waals surface area contributed by atoms with E-state index in [-0.39, 0.29) is 5.69 Å². The summed E-state index contributed by atoms with van der Waals surface area (Å²) in [5.74, 6) is 2.12. The van der Waals surface area contributed by atoms with Gasteiger partial charge >= 0.3 is 5.69 Å². The summed E-state index contributed by atoms with van der Waals surface area (Å²) >= 11 is 0. The monoisotopic (exact) mass is 414 g/mol. The van der Waals surface area contributed by atoms with Crippen LogP contribution in [0, 0.1) is 6.92 Å². The predicted octanol–water partition coefficient (Wildman–Crippen LogP) is 3.54. The number of anilines is 1. The number of hydrogen-bond donors (Lipinski definition) is 2. The Bertz CT molecular complexity index is 1310. The van der Waals surface area contributed by atoms with E-state index in [1.165, 1.54) is 5.56 Å². The standard InChI is InChI=1S/C23H22N6O2/c1-15-3-5-16(6-4-15)11-28-14-26-19-20-22(25-13-24-21(19)28)29(23(30)27-20)12-17-7-9-18(31-2)10-8-17/h3-10,13-14H,11-12H2,1-2H3,(H,24,25)(H,27,30). The minimum absolute atomic E-state index is 0.206. The molecule has 0 unspecified atom stereocenters.